The predicted octanol–water partition coefficient (Wildman–Crippen LogP) is 1.72. The van der Waals surface area contributed by atoms with Crippen molar-refractivity contribution in [2.75, 3.05) is 27.7 Å². The minimum Gasteiger partial charge on any atom is -0.497 e. The lowest BCUT2D eigenvalue weighted by Crippen LogP contribution is -2.42. The van der Waals surface area contributed by atoms with Crippen LogP contribution in [0.2, 0.25) is 0 Å². The molecule has 6 heteroatoms. The highest BCUT2D eigenvalue weighted by molar-refractivity contribution is 7.89. The summed E-state index contributed by atoms with van der Waals surface area (Å²) in [5.41, 5.74) is 0.717. The Morgan fingerprint density at radius 2 is 2.00 bits per heavy atom. The molecule has 1 aliphatic heterocycles. The molecule has 1 aromatic rings. The number of ether oxygens (including phenoxy) is 1. The van der Waals surface area contributed by atoms with Gasteiger partial charge in [0.15, 0.2) is 0 Å². The molecule has 2 rings (SSSR count). The van der Waals surface area contributed by atoms with Crippen molar-refractivity contribution < 1.29 is 13.2 Å². The molecule has 0 unspecified atom stereocenters. The molecule has 0 bridgehead atoms. The van der Waals surface area contributed by atoms with E-state index in [2.05, 4.69) is 4.90 Å². The molecule has 1 aliphatic rings. The van der Waals surface area contributed by atoms with Crippen molar-refractivity contribution in [3.8, 4) is 5.75 Å². The Balaban J connectivity index is 2.35. The number of likely N-dealkylation sites (N-methyl/N-ethyl adjacent to an activating group) is 1. The van der Waals surface area contributed by atoms with Crippen LogP contribution in [0.3, 0.4) is 0 Å². The van der Waals surface area contributed by atoms with Crippen LogP contribution in [0.25, 0.3) is 0 Å². The minimum atomic E-state index is -3.46. The Morgan fingerprint density at radius 1 is 1.33 bits per heavy atom. The van der Waals surface area contributed by atoms with E-state index in [9.17, 15) is 8.42 Å². The summed E-state index contributed by atoms with van der Waals surface area (Å²) in [6.07, 6.45) is 0.864. The van der Waals surface area contributed by atoms with Crippen molar-refractivity contribution in [2.45, 2.75) is 37.2 Å². The molecule has 2 atom stereocenters. The van der Waals surface area contributed by atoms with Crippen molar-refractivity contribution in [3.05, 3.63) is 23.8 Å². The number of rotatable bonds is 4. The number of benzene rings is 1. The standard InChI is InChI=1S/C15H24N2O3S/c1-11-10-13(20-5)6-7-15(11)21(18,19)17-9-8-14(12(17)2)16(3)4/h6-7,10,12,14H,8-9H2,1-5H3/t12-,14+/m0/s1. The van der Waals surface area contributed by atoms with Gasteiger partial charge in [0.05, 0.1) is 12.0 Å². The predicted molar refractivity (Wildman–Crippen MR) is 83.2 cm³/mol. The van der Waals surface area contributed by atoms with Crippen LogP contribution in [-0.4, -0.2) is 57.5 Å². The van der Waals surface area contributed by atoms with Gasteiger partial charge in [-0.3, -0.25) is 0 Å². The second-order valence-corrected chi connectivity index (χ2v) is 7.67. The summed E-state index contributed by atoms with van der Waals surface area (Å²) in [5, 5.41) is 0. The molecule has 118 valence electrons. The van der Waals surface area contributed by atoms with Crippen LogP contribution in [0, 0.1) is 6.92 Å². The summed E-state index contributed by atoms with van der Waals surface area (Å²) in [7, 11) is 2.11. The lowest BCUT2D eigenvalue weighted by atomic mass is 10.1. The van der Waals surface area contributed by atoms with Crippen LogP contribution in [-0.2, 0) is 10.0 Å². The van der Waals surface area contributed by atoms with Crippen molar-refractivity contribution in [2.24, 2.45) is 0 Å². The van der Waals surface area contributed by atoms with E-state index in [0.717, 1.165) is 12.0 Å². The van der Waals surface area contributed by atoms with Gasteiger partial charge in [0, 0.05) is 18.6 Å². The van der Waals surface area contributed by atoms with E-state index < -0.39 is 10.0 Å². The number of hydrogen-bond donors (Lipinski definition) is 0. The van der Waals surface area contributed by atoms with Crippen molar-refractivity contribution in [1.29, 1.82) is 0 Å². The van der Waals surface area contributed by atoms with Gasteiger partial charge >= 0.3 is 0 Å². The van der Waals surface area contributed by atoms with Gasteiger partial charge in [-0.05, 0) is 58.1 Å². The topological polar surface area (TPSA) is 49.9 Å². The number of nitrogens with zero attached hydrogens (tertiary/aromatic N) is 2. The molecule has 1 heterocycles. The van der Waals surface area contributed by atoms with E-state index in [0.29, 0.717) is 17.2 Å². The van der Waals surface area contributed by atoms with Gasteiger partial charge in [-0.1, -0.05) is 0 Å². The third-order valence-corrected chi connectivity index (χ3v) is 6.43. The van der Waals surface area contributed by atoms with E-state index in [1.54, 1.807) is 36.5 Å². The Kier molecular flexibility index (Phi) is 4.60. The Labute approximate surface area is 127 Å². The molecule has 0 N–H and O–H groups in total. The van der Waals surface area contributed by atoms with Gasteiger partial charge in [0.25, 0.3) is 0 Å². The number of methoxy groups -OCH3 is 1. The highest BCUT2D eigenvalue weighted by Crippen LogP contribution is 2.30. The minimum absolute atomic E-state index is 0.0218. The highest BCUT2D eigenvalue weighted by atomic mass is 32.2. The summed E-state index contributed by atoms with van der Waals surface area (Å²) in [4.78, 5) is 2.47. The zero-order valence-corrected chi connectivity index (χ0v) is 14.1. The van der Waals surface area contributed by atoms with E-state index in [1.165, 1.54) is 0 Å². The largest absolute Gasteiger partial charge is 0.497 e. The van der Waals surface area contributed by atoms with Gasteiger partial charge in [-0.25, -0.2) is 8.42 Å². The summed E-state index contributed by atoms with van der Waals surface area (Å²) < 4.78 is 32.6. The van der Waals surface area contributed by atoms with Crippen molar-refractivity contribution in [1.82, 2.24) is 9.21 Å². The van der Waals surface area contributed by atoms with E-state index in [-0.39, 0.29) is 12.1 Å². The van der Waals surface area contributed by atoms with Crippen LogP contribution < -0.4 is 4.74 Å². The maximum absolute atomic E-state index is 12.9. The zero-order valence-electron chi connectivity index (χ0n) is 13.3. The summed E-state index contributed by atoms with van der Waals surface area (Å²) in [5.74, 6) is 0.673. The molecule has 1 aromatic carbocycles. The maximum Gasteiger partial charge on any atom is 0.243 e. The summed E-state index contributed by atoms with van der Waals surface area (Å²) >= 11 is 0. The summed E-state index contributed by atoms with van der Waals surface area (Å²) in [6, 6.07) is 5.34. The van der Waals surface area contributed by atoms with Crippen molar-refractivity contribution >= 4 is 10.0 Å². The van der Waals surface area contributed by atoms with Crippen LogP contribution in [0.1, 0.15) is 18.9 Å². The number of aryl methyl sites for hydroxylation is 1. The average molecular weight is 312 g/mol. The van der Waals surface area contributed by atoms with Gasteiger partial charge < -0.3 is 9.64 Å². The Hall–Kier alpha value is -1.11. The van der Waals surface area contributed by atoms with E-state index in [1.807, 2.05) is 21.0 Å². The molecule has 0 aliphatic carbocycles. The zero-order chi connectivity index (χ0) is 15.8. The van der Waals surface area contributed by atoms with Gasteiger partial charge in [0.2, 0.25) is 10.0 Å². The lowest BCUT2D eigenvalue weighted by molar-refractivity contribution is 0.250. The number of sulfonamides is 1. The fourth-order valence-electron chi connectivity index (χ4n) is 3.09. The molecule has 0 aromatic heterocycles. The Bertz CT molecular complexity index is 613. The first-order valence-electron chi connectivity index (χ1n) is 7.12. The van der Waals surface area contributed by atoms with E-state index in [4.69, 9.17) is 4.74 Å². The third-order valence-electron chi connectivity index (χ3n) is 4.29. The SMILES string of the molecule is COc1ccc(S(=O)(=O)N2CC[C@@H](N(C)C)[C@@H]2C)c(C)c1. The van der Waals surface area contributed by atoms with Crippen LogP contribution in [0.4, 0.5) is 0 Å². The summed E-state index contributed by atoms with van der Waals surface area (Å²) in [6.45, 7) is 4.35. The van der Waals surface area contributed by atoms with Gasteiger partial charge in [0.1, 0.15) is 5.75 Å². The fourth-order valence-corrected chi connectivity index (χ4v) is 4.97. The van der Waals surface area contributed by atoms with Crippen LogP contribution in [0.15, 0.2) is 23.1 Å². The quantitative estimate of drug-likeness (QED) is 0.849. The highest BCUT2D eigenvalue weighted by Gasteiger charge is 2.40. The molecule has 0 spiro atoms. The molecule has 0 radical (unpaired) electrons. The molecule has 0 amide bonds. The Morgan fingerprint density at radius 3 is 2.48 bits per heavy atom. The van der Waals surface area contributed by atoms with Crippen LogP contribution >= 0.6 is 0 Å². The second-order valence-electron chi connectivity index (χ2n) is 5.81. The van der Waals surface area contributed by atoms with Crippen LogP contribution in [0.5, 0.6) is 5.75 Å². The smallest absolute Gasteiger partial charge is 0.243 e. The van der Waals surface area contributed by atoms with E-state index >= 15 is 0 Å². The van der Waals surface area contributed by atoms with Gasteiger partial charge in [-0.2, -0.15) is 4.31 Å². The first kappa shape index (κ1) is 16.3. The average Bonchev–Trinajstić information content (AvgIpc) is 2.80. The molecule has 21 heavy (non-hydrogen) atoms. The van der Waals surface area contributed by atoms with Crippen molar-refractivity contribution in [3.63, 3.8) is 0 Å². The molecule has 5 nitrogen and oxygen atoms in total. The number of hydrogen-bond acceptors (Lipinski definition) is 4. The second kappa shape index (κ2) is 5.94. The first-order chi connectivity index (χ1) is 9.78. The monoisotopic (exact) mass is 312 g/mol. The molecule has 1 saturated heterocycles. The molecular formula is C15H24N2O3S. The molecule has 0 saturated carbocycles. The van der Waals surface area contributed by atoms with Gasteiger partial charge in [-0.15, -0.1) is 0 Å². The molecule has 1 fully saturated rings. The lowest BCUT2D eigenvalue weighted by Gasteiger charge is -2.28. The first-order valence-corrected chi connectivity index (χ1v) is 8.56. The fraction of sp³-hybridized carbons (Fsp3) is 0.600. The normalized spacial score (nSPS) is 23.7. The third kappa shape index (κ3) is 2.93. The maximum atomic E-state index is 12.9. The molecular weight excluding hydrogens is 288 g/mol.